The highest BCUT2D eigenvalue weighted by atomic mass is 32.2. The zero-order chi connectivity index (χ0) is 15.0. The SMILES string of the molecule is COc1c(N)c2c(c(N)c1OC)SCC(N1CCCC1)O2. The molecule has 0 radical (unpaired) electrons. The number of nitrogens with zero attached hydrogens (tertiary/aromatic N) is 1. The summed E-state index contributed by atoms with van der Waals surface area (Å²) in [5.74, 6) is 2.38. The van der Waals surface area contributed by atoms with E-state index < -0.39 is 0 Å². The molecule has 6 nitrogen and oxygen atoms in total. The Morgan fingerprint density at radius 2 is 1.71 bits per heavy atom. The number of benzene rings is 1. The molecule has 1 saturated heterocycles. The lowest BCUT2D eigenvalue weighted by atomic mass is 10.2. The minimum atomic E-state index is 0.0461. The van der Waals surface area contributed by atoms with Gasteiger partial charge in [0.2, 0.25) is 0 Å². The molecule has 116 valence electrons. The molecule has 21 heavy (non-hydrogen) atoms. The van der Waals surface area contributed by atoms with Gasteiger partial charge in [-0.25, -0.2) is 0 Å². The second-order valence-electron chi connectivity index (χ2n) is 5.18. The molecular formula is C14H21N3O3S. The number of nitrogens with two attached hydrogens (primary N) is 2. The standard InChI is InChI=1S/C14H21N3O3S/c1-18-11-9(15)13-14(10(16)12(11)19-2)21-7-8(20-13)17-5-3-4-6-17/h8H,3-7,15-16H2,1-2H3. The summed E-state index contributed by atoms with van der Waals surface area (Å²) < 4.78 is 16.8. The van der Waals surface area contributed by atoms with Gasteiger partial charge in [0, 0.05) is 18.8 Å². The Hall–Kier alpha value is -1.47. The summed E-state index contributed by atoms with van der Waals surface area (Å²) >= 11 is 1.67. The second kappa shape index (κ2) is 5.73. The van der Waals surface area contributed by atoms with Gasteiger partial charge in [0.1, 0.15) is 5.69 Å². The van der Waals surface area contributed by atoms with E-state index in [4.69, 9.17) is 25.7 Å². The third-order valence-electron chi connectivity index (χ3n) is 3.97. The molecule has 4 N–H and O–H groups in total. The van der Waals surface area contributed by atoms with E-state index in [1.165, 1.54) is 12.8 Å². The van der Waals surface area contributed by atoms with Gasteiger partial charge < -0.3 is 25.7 Å². The maximum absolute atomic E-state index is 6.20. The van der Waals surface area contributed by atoms with Crippen molar-refractivity contribution in [3.63, 3.8) is 0 Å². The van der Waals surface area contributed by atoms with E-state index in [0.717, 1.165) is 23.7 Å². The summed E-state index contributed by atoms with van der Waals surface area (Å²) in [6.07, 6.45) is 2.49. The van der Waals surface area contributed by atoms with Crippen LogP contribution in [0.4, 0.5) is 11.4 Å². The molecule has 2 aliphatic rings. The Bertz CT molecular complexity index is 547. The summed E-state index contributed by atoms with van der Waals surface area (Å²) in [6.45, 7) is 2.15. The third kappa shape index (κ3) is 2.34. The molecule has 1 atom stereocenters. The molecule has 0 aliphatic carbocycles. The minimum absolute atomic E-state index is 0.0461. The molecule has 1 aromatic carbocycles. The average molecular weight is 311 g/mol. The Kier molecular flexibility index (Phi) is 3.95. The van der Waals surface area contributed by atoms with Gasteiger partial charge in [0.15, 0.2) is 23.5 Å². The molecule has 0 saturated carbocycles. The Morgan fingerprint density at radius 3 is 2.33 bits per heavy atom. The highest BCUT2D eigenvalue weighted by Crippen LogP contribution is 2.54. The van der Waals surface area contributed by atoms with Crippen LogP contribution in [0.15, 0.2) is 4.90 Å². The van der Waals surface area contributed by atoms with Crippen molar-refractivity contribution in [2.24, 2.45) is 0 Å². The van der Waals surface area contributed by atoms with Crippen LogP contribution in [-0.2, 0) is 0 Å². The zero-order valence-electron chi connectivity index (χ0n) is 12.3. The van der Waals surface area contributed by atoms with Crippen LogP contribution >= 0.6 is 11.8 Å². The first-order valence-corrected chi connectivity index (χ1v) is 8.02. The molecule has 1 unspecified atom stereocenters. The Morgan fingerprint density at radius 1 is 1.10 bits per heavy atom. The zero-order valence-corrected chi connectivity index (χ0v) is 13.2. The maximum atomic E-state index is 6.20. The number of rotatable bonds is 3. The summed E-state index contributed by atoms with van der Waals surface area (Å²) in [5.41, 5.74) is 13.4. The number of ether oxygens (including phenoxy) is 3. The number of fused-ring (bicyclic) bond motifs is 1. The maximum Gasteiger partial charge on any atom is 0.189 e. The van der Waals surface area contributed by atoms with Crippen molar-refractivity contribution in [1.29, 1.82) is 0 Å². The molecule has 2 aliphatic heterocycles. The lowest BCUT2D eigenvalue weighted by molar-refractivity contribution is 0.0582. The van der Waals surface area contributed by atoms with Crippen LogP contribution in [0.2, 0.25) is 0 Å². The molecule has 3 rings (SSSR count). The van der Waals surface area contributed by atoms with Crippen LogP contribution < -0.4 is 25.7 Å². The van der Waals surface area contributed by atoms with E-state index >= 15 is 0 Å². The largest absolute Gasteiger partial charge is 0.491 e. The van der Waals surface area contributed by atoms with E-state index in [-0.39, 0.29) is 6.23 Å². The fraction of sp³-hybridized carbons (Fsp3) is 0.571. The van der Waals surface area contributed by atoms with Crippen molar-refractivity contribution in [2.75, 3.05) is 44.5 Å². The minimum Gasteiger partial charge on any atom is -0.491 e. The Balaban J connectivity index is 1.99. The molecule has 0 aromatic heterocycles. The topological polar surface area (TPSA) is 83.0 Å². The first-order chi connectivity index (χ1) is 10.2. The van der Waals surface area contributed by atoms with Gasteiger partial charge in [0.25, 0.3) is 0 Å². The number of nitrogen functional groups attached to an aromatic ring is 2. The molecule has 0 spiro atoms. The molecular weight excluding hydrogens is 290 g/mol. The number of hydrogen-bond acceptors (Lipinski definition) is 7. The van der Waals surface area contributed by atoms with Crippen molar-refractivity contribution in [1.82, 2.24) is 4.90 Å². The molecule has 0 bridgehead atoms. The van der Waals surface area contributed by atoms with Gasteiger partial charge in [-0.05, 0) is 12.8 Å². The monoisotopic (exact) mass is 311 g/mol. The average Bonchev–Trinajstić information content (AvgIpc) is 3.04. The van der Waals surface area contributed by atoms with Gasteiger partial charge in [-0.2, -0.15) is 0 Å². The first-order valence-electron chi connectivity index (χ1n) is 7.03. The van der Waals surface area contributed by atoms with Crippen LogP contribution in [0.25, 0.3) is 0 Å². The van der Waals surface area contributed by atoms with E-state index in [0.29, 0.717) is 28.6 Å². The molecule has 0 amide bonds. The molecule has 7 heteroatoms. The highest BCUT2D eigenvalue weighted by Gasteiger charge is 2.33. The van der Waals surface area contributed by atoms with Crippen molar-refractivity contribution in [3.05, 3.63) is 0 Å². The summed E-state index contributed by atoms with van der Waals surface area (Å²) in [7, 11) is 3.11. The first kappa shape index (κ1) is 14.5. The predicted molar refractivity (Wildman–Crippen MR) is 84.3 cm³/mol. The van der Waals surface area contributed by atoms with Gasteiger partial charge in [-0.1, -0.05) is 0 Å². The third-order valence-corrected chi connectivity index (χ3v) is 5.12. The van der Waals surface area contributed by atoms with Gasteiger partial charge >= 0.3 is 0 Å². The van der Waals surface area contributed by atoms with Crippen molar-refractivity contribution < 1.29 is 14.2 Å². The summed E-state index contributed by atoms with van der Waals surface area (Å²) in [6, 6.07) is 0. The summed E-state index contributed by atoms with van der Waals surface area (Å²) in [5, 5.41) is 0. The van der Waals surface area contributed by atoms with Crippen LogP contribution in [0.5, 0.6) is 17.2 Å². The van der Waals surface area contributed by atoms with E-state index in [1.54, 1.807) is 26.0 Å². The van der Waals surface area contributed by atoms with Crippen molar-refractivity contribution >= 4 is 23.1 Å². The number of anilines is 2. The van der Waals surface area contributed by atoms with Crippen molar-refractivity contribution in [3.8, 4) is 17.2 Å². The molecule has 1 fully saturated rings. The number of likely N-dealkylation sites (tertiary alicyclic amines) is 1. The highest BCUT2D eigenvalue weighted by molar-refractivity contribution is 7.99. The lowest BCUT2D eigenvalue weighted by Crippen LogP contribution is -2.41. The summed E-state index contributed by atoms with van der Waals surface area (Å²) in [4.78, 5) is 3.20. The number of thioether (sulfide) groups is 1. The van der Waals surface area contributed by atoms with Crippen molar-refractivity contribution in [2.45, 2.75) is 24.0 Å². The van der Waals surface area contributed by atoms with Crippen LogP contribution in [0, 0.1) is 0 Å². The van der Waals surface area contributed by atoms with Gasteiger partial charge in [-0.15, -0.1) is 11.8 Å². The van der Waals surface area contributed by atoms with Crippen LogP contribution in [0.1, 0.15) is 12.8 Å². The predicted octanol–water partition coefficient (Wildman–Crippen LogP) is 1.77. The fourth-order valence-electron chi connectivity index (χ4n) is 2.90. The number of methoxy groups -OCH3 is 2. The smallest absolute Gasteiger partial charge is 0.189 e. The van der Waals surface area contributed by atoms with Gasteiger partial charge in [-0.3, -0.25) is 4.90 Å². The second-order valence-corrected chi connectivity index (χ2v) is 6.21. The Labute approximate surface area is 128 Å². The quantitative estimate of drug-likeness (QED) is 0.823. The van der Waals surface area contributed by atoms with Gasteiger partial charge in [0.05, 0.1) is 24.8 Å². The van der Waals surface area contributed by atoms with E-state index in [9.17, 15) is 0 Å². The lowest BCUT2D eigenvalue weighted by Gasteiger charge is -2.34. The molecule has 1 aromatic rings. The normalized spacial score (nSPS) is 21.7. The van der Waals surface area contributed by atoms with Crippen LogP contribution in [-0.4, -0.2) is 44.2 Å². The molecule has 2 heterocycles. The van der Waals surface area contributed by atoms with E-state index in [1.807, 2.05) is 0 Å². The van der Waals surface area contributed by atoms with Crippen LogP contribution in [0.3, 0.4) is 0 Å². The fourth-order valence-corrected chi connectivity index (χ4v) is 4.02. The number of hydrogen-bond donors (Lipinski definition) is 2. The van der Waals surface area contributed by atoms with E-state index in [2.05, 4.69) is 4.90 Å².